The van der Waals surface area contributed by atoms with Gasteiger partial charge < -0.3 is 10.0 Å². The molecule has 0 aliphatic carbocycles. The Morgan fingerprint density at radius 2 is 1.78 bits per heavy atom. The Bertz CT molecular complexity index is 345. The molecule has 1 N–H and O–H groups in total. The third kappa shape index (κ3) is 4.05. The van der Waals surface area contributed by atoms with Crippen molar-refractivity contribution in [1.82, 2.24) is 9.80 Å². The van der Waals surface area contributed by atoms with Gasteiger partial charge in [0.15, 0.2) is 0 Å². The van der Waals surface area contributed by atoms with Crippen molar-refractivity contribution in [2.45, 2.75) is 26.3 Å². The molecule has 1 aliphatic rings. The number of hydrogen-bond acceptors (Lipinski definition) is 4. The zero-order valence-electron chi connectivity index (χ0n) is 11.3. The van der Waals surface area contributed by atoms with Gasteiger partial charge in [-0.2, -0.15) is 0 Å². The summed E-state index contributed by atoms with van der Waals surface area (Å²) in [5.41, 5.74) is 0. The van der Waals surface area contributed by atoms with E-state index < -0.39 is 0 Å². The second-order valence-electron chi connectivity index (χ2n) is 4.92. The van der Waals surface area contributed by atoms with Crippen LogP contribution in [0.1, 0.15) is 23.1 Å². The van der Waals surface area contributed by atoms with Crippen molar-refractivity contribution in [1.29, 1.82) is 0 Å². The van der Waals surface area contributed by atoms with E-state index in [0.717, 1.165) is 52.1 Å². The molecule has 0 spiro atoms. The molecular weight excluding hydrogens is 244 g/mol. The van der Waals surface area contributed by atoms with Crippen LogP contribution in [0.2, 0.25) is 0 Å². The zero-order valence-corrected chi connectivity index (χ0v) is 12.1. The van der Waals surface area contributed by atoms with Crippen LogP contribution in [0.4, 0.5) is 0 Å². The van der Waals surface area contributed by atoms with Crippen molar-refractivity contribution in [2.24, 2.45) is 0 Å². The molecule has 2 rings (SSSR count). The SMILES string of the molecule is CCc1ccc(CN2CCN(CCCO)CC2)s1. The predicted molar refractivity (Wildman–Crippen MR) is 77.1 cm³/mol. The topological polar surface area (TPSA) is 26.7 Å². The maximum atomic E-state index is 8.83. The van der Waals surface area contributed by atoms with Gasteiger partial charge in [0, 0.05) is 55.6 Å². The molecule has 18 heavy (non-hydrogen) atoms. The predicted octanol–water partition coefficient (Wildman–Crippen LogP) is 1.81. The van der Waals surface area contributed by atoms with E-state index >= 15 is 0 Å². The Balaban J connectivity index is 1.73. The lowest BCUT2D eigenvalue weighted by Crippen LogP contribution is -2.46. The van der Waals surface area contributed by atoms with Gasteiger partial charge in [-0.05, 0) is 25.0 Å². The highest BCUT2D eigenvalue weighted by atomic mass is 32.1. The van der Waals surface area contributed by atoms with E-state index in [0.29, 0.717) is 6.61 Å². The van der Waals surface area contributed by atoms with Gasteiger partial charge in [-0.15, -0.1) is 11.3 Å². The third-order valence-corrected chi connectivity index (χ3v) is 4.76. The zero-order chi connectivity index (χ0) is 12.8. The minimum atomic E-state index is 0.315. The molecule has 1 aromatic rings. The van der Waals surface area contributed by atoms with Crippen molar-refractivity contribution in [3.8, 4) is 0 Å². The Morgan fingerprint density at radius 1 is 1.11 bits per heavy atom. The molecule has 0 atom stereocenters. The van der Waals surface area contributed by atoms with E-state index in [-0.39, 0.29) is 0 Å². The maximum absolute atomic E-state index is 8.83. The van der Waals surface area contributed by atoms with Crippen LogP contribution in [-0.4, -0.2) is 54.2 Å². The summed E-state index contributed by atoms with van der Waals surface area (Å²) in [6, 6.07) is 4.54. The fourth-order valence-electron chi connectivity index (χ4n) is 2.38. The quantitative estimate of drug-likeness (QED) is 0.852. The summed E-state index contributed by atoms with van der Waals surface area (Å²) in [6.45, 7) is 9.29. The van der Waals surface area contributed by atoms with Crippen molar-refractivity contribution in [3.05, 3.63) is 21.9 Å². The lowest BCUT2D eigenvalue weighted by Gasteiger charge is -2.34. The molecule has 1 aliphatic heterocycles. The maximum Gasteiger partial charge on any atom is 0.0443 e. The average molecular weight is 268 g/mol. The molecule has 102 valence electrons. The van der Waals surface area contributed by atoms with Gasteiger partial charge in [0.2, 0.25) is 0 Å². The van der Waals surface area contributed by atoms with Gasteiger partial charge in [0.1, 0.15) is 0 Å². The summed E-state index contributed by atoms with van der Waals surface area (Å²) in [5.74, 6) is 0. The van der Waals surface area contributed by atoms with Crippen molar-refractivity contribution in [2.75, 3.05) is 39.3 Å². The number of piperazine rings is 1. The van der Waals surface area contributed by atoms with Crippen LogP contribution >= 0.6 is 11.3 Å². The Hall–Kier alpha value is -0.420. The molecule has 4 heteroatoms. The molecule has 3 nitrogen and oxygen atoms in total. The number of aliphatic hydroxyl groups excluding tert-OH is 1. The molecule has 0 unspecified atom stereocenters. The largest absolute Gasteiger partial charge is 0.396 e. The lowest BCUT2D eigenvalue weighted by molar-refractivity contribution is 0.120. The van der Waals surface area contributed by atoms with E-state index in [9.17, 15) is 0 Å². The molecule has 0 amide bonds. The highest BCUT2D eigenvalue weighted by Crippen LogP contribution is 2.19. The molecule has 1 aromatic heterocycles. The molecule has 0 radical (unpaired) electrons. The van der Waals surface area contributed by atoms with Gasteiger partial charge >= 0.3 is 0 Å². The highest BCUT2D eigenvalue weighted by Gasteiger charge is 2.16. The van der Waals surface area contributed by atoms with Crippen LogP contribution in [0.15, 0.2) is 12.1 Å². The van der Waals surface area contributed by atoms with E-state index in [1.54, 1.807) is 0 Å². The van der Waals surface area contributed by atoms with Crippen LogP contribution in [0.5, 0.6) is 0 Å². The summed E-state index contributed by atoms with van der Waals surface area (Å²) in [4.78, 5) is 7.99. The van der Waals surface area contributed by atoms with Crippen molar-refractivity contribution >= 4 is 11.3 Å². The van der Waals surface area contributed by atoms with Crippen LogP contribution in [-0.2, 0) is 13.0 Å². The van der Waals surface area contributed by atoms with E-state index in [2.05, 4.69) is 28.9 Å². The number of nitrogens with zero attached hydrogens (tertiary/aromatic N) is 2. The highest BCUT2D eigenvalue weighted by molar-refractivity contribution is 7.11. The molecule has 0 saturated carbocycles. The number of hydrogen-bond donors (Lipinski definition) is 1. The van der Waals surface area contributed by atoms with Crippen LogP contribution in [0, 0.1) is 0 Å². The van der Waals surface area contributed by atoms with Gasteiger partial charge in [-0.25, -0.2) is 0 Å². The first-order valence-corrected chi connectivity index (χ1v) is 7.76. The van der Waals surface area contributed by atoms with E-state index in [1.165, 1.54) is 9.75 Å². The van der Waals surface area contributed by atoms with E-state index in [4.69, 9.17) is 5.11 Å². The van der Waals surface area contributed by atoms with Crippen molar-refractivity contribution < 1.29 is 5.11 Å². The van der Waals surface area contributed by atoms with Crippen LogP contribution in [0.3, 0.4) is 0 Å². The summed E-state index contributed by atoms with van der Waals surface area (Å²) in [5, 5.41) is 8.83. The average Bonchev–Trinajstić information content (AvgIpc) is 2.86. The smallest absolute Gasteiger partial charge is 0.0443 e. The summed E-state index contributed by atoms with van der Waals surface area (Å²) in [7, 11) is 0. The standard InChI is InChI=1S/C14H24N2OS/c1-2-13-4-5-14(18-13)12-16-9-7-15(8-10-16)6-3-11-17/h4-5,17H,2-3,6-12H2,1H3. The summed E-state index contributed by atoms with van der Waals surface area (Å²) < 4.78 is 0. The molecule has 1 fully saturated rings. The van der Waals surface area contributed by atoms with Crippen LogP contribution in [0.25, 0.3) is 0 Å². The van der Waals surface area contributed by atoms with Gasteiger partial charge in [-0.1, -0.05) is 6.92 Å². The monoisotopic (exact) mass is 268 g/mol. The molecule has 1 saturated heterocycles. The number of rotatable bonds is 6. The van der Waals surface area contributed by atoms with Gasteiger partial charge in [0.05, 0.1) is 0 Å². The Morgan fingerprint density at radius 3 is 2.39 bits per heavy atom. The molecular formula is C14H24N2OS. The first-order valence-electron chi connectivity index (χ1n) is 6.95. The number of thiophene rings is 1. The first-order chi connectivity index (χ1) is 8.81. The number of aryl methyl sites for hydroxylation is 1. The fraction of sp³-hybridized carbons (Fsp3) is 0.714. The Kier molecular flexibility index (Phi) is 5.63. The normalized spacial score (nSPS) is 18.3. The summed E-state index contributed by atoms with van der Waals surface area (Å²) >= 11 is 1.95. The molecule has 0 bridgehead atoms. The molecule has 2 heterocycles. The first kappa shape index (κ1) is 14.0. The minimum Gasteiger partial charge on any atom is -0.396 e. The fourth-order valence-corrected chi connectivity index (χ4v) is 3.38. The number of aliphatic hydroxyl groups is 1. The Labute approximate surface area is 114 Å². The van der Waals surface area contributed by atoms with Gasteiger partial charge in [0.25, 0.3) is 0 Å². The van der Waals surface area contributed by atoms with E-state index in [1.807, 2.05) is 11.3 Å². The molecule has 0 aromatic carbocycles. The lowest BCUT2D eigenvalue weighted by atomic mass is 10.3. The minimum absolute atomic E-state index is 0.315. The van der Waals surface area contributed by atoms with Crippen molar-refractivity contribution in [3.63, 3.8) is 0 Å². The van der Waals surface area contributed by atoms with Crippen LogP contribution < -0.4 is 0 Å². The third-order valence-electron chi connectivity index (χ3n) is 3.54. The van der Waals surface area contributed by atoms with Gasteiger partial charge in [-0.3, -0.25) is 4.90 Å². The summed E-state index contributed by atoms with van der Waals surface area (Å²) in [6.07, 6.45) is 2.06. The second-order valence-corrected chi connectivity index (χ2v) is 6.17. The second kappa shape index (κ2) is 7.24.